The highest BCUT2D eigenvalue weighted by atomic mass is 32.2. The first-order valence-electron chi connectivity index (χ1n) is 8.82. The molecule has 0 bridgehead atoms. The van der Waals surface area contributed by atoms with Crippen LogP contribution in [0.25, 0.3) is 0 Å². The van der Waals surface area contributed by atoms with E-state index in [-0.39, 0.29) is 42.8 Å². The average Bonchev–Trinajstić information content (AvgIpc) is 3.17. The van der Waals surface area contributed by atoms with Crippen LogP contribution < -0.4 is 5.32 Å². The highest BCUT2D eigenvalue weighted by Gasteiger charge is 2.42. The molecule has 0 spiro atoms. The molecule has 0 radical (unpaired) electrons. The lowest BCUT2D eigenvalue weighted by molar-refractivity contribution is -0.142. The zero-order valence-electron chi connectivity index (χ0n) is 14.7. The lowest BCUT2D eigenvalue weighted by atomic mass is 10.0. The van der Waals surface area contributed by atoms with Crippen LogP contribution in [0.5, 0.6) is 0 Å². The normalized spacial score (nSPS) is 25.3. The maximum absolute atomic E-state index is 12.5. The predicted molar refractivity (Wildman–Crippen MR) is 96.6 cm³/mol. The summed E-state index contributed by atoms with van der Waals surface area (Å²) in [6.07, 6.45) is 0.501. The van der Waals surface area contributed by atoms with Crippen molar-refractivity contribution in [3.63, 3.8) is 0 Å². The van der Waals surface area contributed by atoms with Gasteiger partial charge in [-0.05, 0) is 12.0 Å². The van der Waals surface area contributed by atoms with Crippen LogP contribution in [0, 0.1) is 5.92 Å². The van der Waals surface area contributed by atoms with E-state index in [0.29, 0.717) is 6.42 Å². The molecular weight excluding hydrogens is 372 g/mol. The van der Waals surface area contributed by atoms with Gasteiger partial charge < -0.3 is 15.3 Å². The lowest BCUT2D eigenvalue weighted by Gasteiger charge is -2.23. The molecule has 27 heavy (non-hydrogen) atoms. The van der Waals surface area contributed by atoms with Crippen molar-refractivity contribution in [2.24, 2.45) is 5.92 Å². The van der Waals surface area contributed by atoms with Crippen LogP contribution in [0.3, 0.4) is 0 Å². The quantitative estimate of drug-likeness (QED) is 0.691. The molecule has 0 aromatic heterocycles. The SMILES string of the molecule is O=C(N[C@H](Cc1ccccc1)C(=O)O)C1CC(=O)N(C2CCS(=O)(=O)C2)C1. The number of benzene rings is 1. The minimum Gasteiger partial charge on any atom is -0.480 e. The number of sulfone groups is 1. The number of rotatable bonds is 6. The summed E-state index contributed by atoms with van der Waals surface area (Å²) in [5, 5.41) is 11.9. The first kappa shape index (κ1) is 19.3. The maximum Gasteiger partial charge on any atom is 0.326 e. The Balaban J connectivity index is 1.61. The number of nitrogens with one attached hydrogen (secondary N) is 1. The third-order valence-electron chi connectivity index (χ3n) is 5.08. The van der Waals surface area contributed by atoms with Crippen molar-refractivity contribution in [2.45, 2.75) is 31.3 Å². The summed E-state index contributed by atoms with van der Waals surface area (Å²) in [5.41, 5.74) is 0.783. The van der Waals surface area contributed by atoms with Crippen molar-refractivity contribution >= 4 is 27.6 Å². The number of carbonyl (C=O) groups excluding carboxylic acids is 2. The lowest BCUT2D eigenvalue weighted by Crippen LogP contribution is -2.46. The zero-order chi connectivity index (χ0) is 19.6. The van der Waals surface area contributed by atoms with Crippen molar-refractivity contribution in [3.8, 4) is 0 Å². The number of carboxylic acid groups (broad SMARTS) is 1. The fraction of sp³-hybridized carbons (Fsp3) is 0.500. The Labute approximate surface area is 157 Å². The van der Waals surface area contributed by atoms with E-state index in [1.54, 1.807) is 24.3 Å². The Morgan fingerprint density at radius 3 is 2.56 bits per heavy atom. The molecule has 2 N–H and O–H groups in total. The summed E-state index contributed by atoms with van der Waals surface area (Å²) in [6, 6.07) is 7.49. The molecule has 9 heteroatoms. The van der Waals surface area contributed by atoms with Crippen molar-refractivity contribution in [3.05, 3.63) is 35.9 Å². The summed E-state index contributed by atoms with van der Waals surface area (Å²) >= 11 is 0. The number of hydrogen-bond acceptors (Lipinski definition) is 5. The van der Waals surface area contributed by atoms with Gasteiger partial charge in [0.25, 0.3) is 0 Å². The Kier molecular flexibility index (Phi) is 5.50. The second-order valence-electron chi connectivity index (χ2n) is 7.09. The number of amides is 2. The van der Waals surface area contributed by atoms with Gasteiger partial charge in [-0.15, -0.1) is 0 Å². The van der Waals surface area contributed by atoms with E-state index < -0.39 is 33.7 Å². The van der Waals surface area contributed by atoms with Gasteiger partial charge in [0.2, 0.25) is 11.8 Å². The molecule has 146 valence electrons. The monoisotopic (exact) mass is 394 g/mol. The molecule has 3 rings (SSSR count). The second kappa shape index (κ2) is 7.67. The predicted octanol–water partition coefficient (Wildman–Crippen LogP) is -0.166. The number of hydrogen-bond donors (Lipinski definition) is 2. The topological polar surface area (TPSA) is 121 Å². The van der Waals surface area contributed by atoms with Crippen LogP contribution in [0.2, 0.25) is 0 Å². The molecule has 1 aromatic carbocycles. The summed E-state index contributed by atoms with van der Waals surface area (Å²) in [4.78, 5) is 37.7. The molecule has 0 aliphatic carbocycles. The smallest absolute Gasteiger partial charge is 0.326 e. The number of aliphatic carboxylic acids is 1. The Bertz CT molecular complexity index is 839. The van der Waals surface area contributed by atoms with Gasteiger partial charge in [-0.25, -0.2) is 13.2 Å². The van der Waals surface area contributed by atoms with Crippen molar-refractivity contribution in [2.75, 3.05) is 18.1 Å². The molecule has 3 atom stereocenters. The highest BCUT2D eigenvalue weighted by molar-refractivity contribution is 7.91. The first-order chi connectivity index (χ1) is 12.7. The van der Waals surface area contributed by atoms with E-state index in [4.69, 9.17) is 0 Å². The fourth-order valence-electron chi connectivity index (χ4n) is 3.62. The van der Waals surface area contributed by atoms with E-state index in [1.807, 2.05) is 6.07 Å². The highest BCUT2D eigenvalue weighted by Crippen LogP contribution is 2.26. The molecular formula is C18H22N2O6S. The van der Waals surface area contributed by atoms with Gasteiger partial charge in [0, 0.05) is 25.4 Å². The molecule has 2 unspecified atom stereocenters. The van der Waals surface area contributed by atoms with Crippen LogP contribution in [-0.2, 0) is 30.6 Å². The first-order valence-corrected chi connectivity index (χ1v) is 10.6. The molecule has 2 fully saturated rings. The van der Waals surface area contributed by atoms with E-state index in [1.165, 1.54) is 4.90 Å². The van der Waals surface area contributed by atoms with Crippen molar-refractivity contribution in [1.29, 1.82) is 0 Å². The second-order valence-corrected chi connectivity index (χ2v) is 9.32. The van der Waals surface area contributed by atoms with Crippen LogP contribution in [0.1, 0.15) is 18.4 Å². The van der Waals surface area contributed by atoms with Crippen molar-refractivity contribution in [1.82, 2.24) is 10.2 Å². The molecule has 2 aliphatic rings. The Morgan fingerprint density at radius 1 is 1.26 bits per heavy atom. The number of likely N-dealkylation sites (tertiary alicyclic amines) is 1. The molecule has 2 heterocycles. The fourth-order valence-corrected chi connectivity index (χ4v) is 5.35. The van der Waals surface area contributed by atoms with Crippen LogP contribution >= 0.6 is 0 Å². The van der Waals surface area contributed by atoms with E-state index in [0.717, 1.165) is 5.56 Å². The van der Waals surface area contributed by atoms with Gasteiger partial charge in [0.05, 0.1) is 17.4 Å². The van der Waals surface area contributed by atoms with Gasteiger partial charge in [-0.3, -0.25) is 9.59 Å². The molecule has 8 nitrogen and oxygen atoms in total. The van der Waals surface area contributed by atoms with Gasteiger partial charge >= 0.3 is 5.97 Å². The van der Waals surface area contributed by atoms with E-state index in [2.05, 4.69) is 5.32 Å². The molecule has 0 saturated carbocycles. The standard InChI is InChI=1S/C18H22N2O6S/c21-16-9-13(10-20(16)14-6-7-27(25,26)11-14)17(22)19-15(18(23)24)8-12-4-2-1-3-5-12/h1-5,13-15H,6-11H2,(H,19,22)(H,23,24)/t13?,14?,15-/m1/s1. The van der Waals surface area contributed by atoms with Gasteiger partial charge in [-0.2, -0.15) is 0 Å². The van der Waals surface area contributed by atoms with Crippen LogP contribution in [0.4, 0.5) is 0 Å². The molecule has 2 saturated heterocycles. The number of nitrogens with zero attached hydrogens (tertiary/aromatic N) is 1. The Morgan fingerprint density at radius 2 is 1.96 bits per heavy atom. The van der Waals surface area contributed by atoms with Gasteiger partial charge in [0.15, 0.2) is 9.84 Å². The third kappa shape index (κ3) is 4.65. The van der Waals surface area contributed by atoms with Gasteiger partial charge in [0.1, 0.15) is 6.04 Å². The maximum atomic E-state index is 12.5. The van der Waals surface area contributed by atoms with E-state index in [9.17, 15) is 27.9 Å². The molecule has 2 amide bonds. The van der Waals surface area contributed by atoms with Crippen LogP contribution in [-0.4, -0.2) is 66.3 Å². The summed E-state index contributed by atoms with van der Waals surface area (Å²) in [5.74, 6) is -2.58. The summed E-state index contributed by atoms with van der Waals surface area (Å²) in [7, 11) is -3.13. The number of carboxylic acids is 1. The zero-order valence-corrected chi connectivity index (χ0v) is 15.5. The van der Waals surface area contributed by atoms with Crippen molar-refractivity contribution < 1.29 is 27.9 Å². The van der Waals surface area contributed by atoms with Crippen LogP contribution in [0.15, 0.2) is 30.3 Å². The largest absolute Gasteiger partial charge is 0.480 e. The van der Waals surface area contributed by atoms with E-state index >= 15 is 0 Å². The number of carbonyl (C=O) groups is 3. The summed E-state index contributed by atoms with van der Waals surface area (Å²) < 4.78 is 23.3. The molecule has 2 aliphatic heterocycles. The third-order valence-corrected chi connectivity index (χ3v) is 6.83. The Hall–Kier alpha value is -2.42. The molecule has 1 aromatic rings. The van der Waals surface area contributed by atoms with Gasteiger partial charge in [-0.1, -0.05) is 30.3 Å². The minimum atomic E-state index is -3.13. The average molecular weight is 394 g/mol. The minimum absolute atomic E-state index is 0.0277. The summed E-state index contributed by atoms with van der Waals surface area (Å²) in [6.45, 7) is 0.128.